The molecule has 0 aliphatic heterocycles. The molecule has 0 radical (unpaired) electrons. The van der Waals surface area contributed by atoms with E-state index in [2.05, 4.69) is 35.8 Å². The monoisotopic (exact) mass is 360 g/mol. The Balaban J connectivity index is 2.02. The van der Waals surface area contributed by atoms with Crippen molar-refractivity contribution in [2.24, 2.45) is 0 Å². The largest absolute Gasteiger partial charge is 0.388 e. The first kappa shape index (κ1) is 18.2. The van der Waals surface area contributed by atoms with Gasteiger partial charge in [-0.15, -0.1) is 11.3 Å². The number of aryl methyl sites for hydroxylation is 1. The van der Waals surface area contributed by atoms with E-state index in [1.54, 1.807) is 11.3 Å². The SMILES string of the molecule is CCCCCCCCCCCC(O)c1cc(Br)sc1C. The van der Waals surface area contributed by atoms with Crippen LogP contribution in [0.2, 0.25) is 0 Å². The lowest BCUT2D eigenvalue weighted by Gasteiger charge is -2.10. The molecule has 0 aliphatic rings. The average molecular weight is 361 g/mol. The van der Waals surface area contributed by atoms with Gasteiger partial charge in [0.2, 0.25) is 0 Å². The molecule has 1 unspecified atom stereocenters. The van der Waals surface area contributed by atoms with Crippen molar-refractivity contribution in [3.63, 3.8) is 0 Å². The van der Waals surface area contributed by atoms with Crippen molar-refractivity contribution in [1.29, 1.82) is 0 Å². The number of hydrogen-bond acceptors (Lipinski definition) is 2. The highest BCUT2D eigenvalue weighted by Crippen LogP contribution is 2.32. The third-order valence-corrected chi connectivity index (χ3v) is 5.44. The van der Waals surface area contributed by atoms with Gasteiger partial charge in [0.1, 0.15) is 0 Å². The number of rotatable bonds is 11. The lowest BCUT2D eigenvalue weighted by atomic mass is 10.0. The van der Waals surface area contributed by atoms with Crippen molar-refractivity contribution >= 4 is 27.3 Å². The highest BCUT2D eigenvalue weighted by Gasteiger charge is 2.12. The van der Waals surface area contributed by atoms with Gasteiger partial charge in [-0.05, 0) is 40.9 Å². The molecule has 0 spiro atoms. The molecule has 1 atom stereocenters. The summed E-state index contributed by atoms with van der Waals surface area (Å²) in [5, 5.41) is 10.2. The third kappa shape index (κ3) is 7.24. The quantitative estimate of drug-likeness (QED) is 0.431. The summed E-state index contributed by atoms with van der Waals surface area (Å²) in [4.78, 5) is 1.24. The Kier molecular flexibility index (Phi) is 9.83. The zero-order valence-electron chi connectivity index (χ0n) is 13.0. The minimum absolute atomic E-state index is 0.276. The van der Waals surface area contributed by atoms with Gasteiger partial charge in [0, 0.05) is 4.88 Å². The molecular formula is C17H29BrOS. The predicted octanol–water partition coefficient (Wildman–Crippen LogP) is 6.77. The molecule has 0 fully saturated rings. The van der Waals surface area contributed by atoms with E-state index in [4.69, 9.17) is 0 Å². The highest BCUT2D eigenvalue weighted by molar-refractivity contribution is 9.11. The summed E-state index contributed by atoms with van der Waals surface area (Å²) in [6.07, 6.45) is 12.6. The summed E-state index contributed by atoms with van der Waals surface area (Å²) in [5.74, 6) is 0. The molecule has 116 valence electrons. The topological polar surface area (TPSA) is 20.2 Å². The Morgan fingerprint density at radius 3 is 2.10 bits per heavy atom. The predicted molar refractivity (Wildman–Crippen MR) is 93.6 cm³/mol. The van der Waals surface area contributed by atoms with E-state index in [1.807, 2.05) is 0 Å². The van der Waals surface area contributed by atoms with Crippen LogP contribution in [-0.4, -0.2) is 5.11 Å². The smallest absolute Gasteiger partial charge is 0.0801 e. The Labute approximate surface area is 136 Å². The van der Waals surface area contributed by atoms with Crippen molar-refractivity contribution in [2.75, 3.05) is 0 Å². The van der Waals surface area contributed by atoms with Gasteiger partial charge in [0.05, 0.1) is 9.89 Å². The maximum atomic E-state index is 10.2. The molecule has 1 rings (SSSR count). The first-order chi connectivity index (χ1) is 9.65. The first-order valence-electron chi connectivity index (χ1n) is 8.09. The second kappa shape index (κ2) is 10.8. The number of aliphatic hydroxyl groups excluding tert-OH is 1. The van der Waals surface area contributed by atoms with E-state index >= 15 is 0 Å². The zero-order valence-corrected chi connectivity index (χ0v) is 15.4. The summed E-state index contributed by atoms with van der Waals surface area (Å²) in [7, 11) is 0. The molecule has 0 amide bonds. The van der Waals surface area contributed by atoms with Gasteiger partial charge in [-0.25, -0.2) is 0 Å². The Morgan fingerprint density at radius 1 is 1.05 bits per heavy atom. The fourth-order valence-corrected chi connectivity index (χ4v) is 4.36. The van der Waals surface area contributed by atoms with E-state index in [1.165, 1.54) is 56.2 Å². The van der Waals surface area contributed by atoms with Crippen LogP contribution < -0.4 is 0 Å². The lowest BCUT2D eigenvalue weighted by Crippen LogP contribution is -1.97. The maximum Gasteiger partial charge on any atom is 0.0801 e. The van der Waals surface area contributed by atoms with E-state index in [-0.39, 0.29) is 6.10 Å². The fourth-order valence-electron chi connectivity index (χ4n) is 2.59. The Bertz CT molecular complexity index is 362. The number of unbranched alkanes of at least 4 members (excludes halogenated alkanes) is 8. The molecule has 1 nitrogen and oxygen atoms in total. The second-order valence-electron chi connectivity index (χ2n) is 5.69. The van der Waals surface area contributed by atoms with Crippen molar-refractivity contribution in [3.05, 3.63) is 20.3 Å². The summed E-state index contributed by atoms with van der Waals surface area (Å²) >= 11 is 5.20. The van der Waals surface area contributed by atoms with Crippen LogP contribution >= 0.6 is 27.3 Å². The molecule has 1 aromatic heterocycles. The van der Waals surface area contributed by atoms with Gasteiger partial charge in [-0.1, -0.05) is 64.7 Å². The number of aliphatic hydroxyl groups is 1. The molecule has 1 heterocycles. The van der Waals surface area contributed by atoms with Gasteiger partial charge in [0.25, 0.3) is 0 Å². The van der Waals surface area contributed by atoms with Crippen LogP contribution in [0.15, 0.2) is 9.85 Å². The first-order valence-corrected chi connectivity index (χ1v) is 9.70. The Morgan fingerprint density at radius 2 is 1.60 bits per heavy atom. The standard InChI is InChI=1S/C17H29BrOS/c1-3-4-5-6-7-8-9-10-11-12-16(19)15-13-17(18)20-14(15)2/h13,16,19H,3-12H2,1-2H3. The van der Waals surface area contributed by atoms with E-state index < -0.39 is 0 Å². The molecule has 0 saturated carbocycles. The molecule has 1 aromatic rings. The van der Waals surface area contributed by atoms with E-state index in [0.29, 0.717) is 0 Å². The van der Waals surface area contributed by atoms with Crippen molar-refractivity contribution in [3.8, 4) is 0 Å². The summed E-state index contributed by atoms with van der Waals surface area (Å²) in [5.41, 5.74) is 1.11. The van der Waals surface area contributed by atoms with Gasteiger partial charge in [0.15, 0.2) is 0 Å². The van der Waals surface area contributed by atoms with Gasteiger partial charge < -0.3 is 5.11 Å². The van der Waals surface area contributed by atoms with Gasteiger partial charge in [-0.3, -0.25) is 0 Å². The van der Waals surface area contributed by atoms with Gasteiger partial charge in [-0.2, -0.15) is 0 Å². The van der Waals surface area contributed by atoms with Crippen LogP contribution in [0, 0.1) is 6.92 Å². The van der Waals surface area contributed by atoms with Crippen LogP contribution in [0.3, 0.4) is 0 Å². The van der Waals surface area contributed by atoms with Crippen LogP contribution in [0.4, 0.5) is 0 Å². The third-order valence-electron chi connectivity index (χ3n) is 3.87. The summed E-state index contributed by atoms with van der Waals surface area (Å²) in [6, 6.07) is 2.07. The summed E-state index contributed by atoms with van der Waals surface area (Å²) in [6.45, 7) is 4.35. The van der Waals surface area contributed by atoms with Gasteiger partial charge >= 0.3 is 0 Å². The molecule has 3 heteroatoms. The average Bonchev–Trinajstić information content (AvgIpc) is 2.75. The van der Waals surface area contributed by atoms with Crippen molar-refractivity contribution < 1.29 is 5.11 Å². The number of hydrogen-bond donors (Lipinski definition) is 1. The van der Waals surface area contributed by atoms with E-state index in [0.717, 1.165) is 22.2 Å². The van der Waals surface area contributed by atoms with Crippen molar-refractivity contribution in [2.45, 2.75) is 84.2 Å². The number of halogens is 1. The zero-order chi connectivity index (χ0) is 14.8. The fraction of sp³-hybridized carbons (Fsp3) is 0.765. The maximum absolute atomic E-state index is 10.2. The van der Waals surface area contributed by atoms with Crippen molar-refractivity contribution in [1.82, 2.24) is 0 Å². The molecule has 0 saturated heterocycles. The van der Waals surface area contributed by atoms with Crippen LogP contribution in [0.5, 0.6) is 0 Å². The highest BCUT2D eigenvalue weighted by atomic mass is 79.9. The molecule has 20 heavy (non-hydrogen) atoms. The minimum atomic E-state index is -0.276. The normalized spacial score (nSPS) is 12.8. The molecule has 0 aromatic carbocycles. The van der Waals surface area contributed by atoms with Crippen LogP contribution in [0.25, 0.3) is 0 Å². The minimum Gasteiger partial charge on any atom is -0.388 e. The lowest BCUT2D eigenvalue weighted by molar-refractivity contribution is 0.163. The molecular weight excluding hydrogens is 332 g/mol. The van der Waals surface area contributed by atoms with Crippen LogP contribution in [-0.2, 0) is 0 Å². The molecule has 1 N–H and O–H groups in total. The summed E-state index contributed by atoms with van der Waals surface area (Å²) < 4.78 is 1.12. The van der Waals surface area contributed by atoms with Crippen LogP contribution in [0.1, 0.15) is 87.7 Å². The second-order valence-corrected chi connectivity index (χ2v) is 8.33. The Hall–Kier alpha value is 0.140. The molecule has 0 aliphatic carbocycles. The van der Waals surface area contributed by atoms with E-state index in [9.17, 15) is 5.11 Å². The number of thiophene rings is 1. The molecule has 0 bridgehead atoms.